The minimum absolute atomic E-state index is 0.0470. The molecule has 0 aliphatic carbocycles. The summed E-state index contributed by atoms with van der Waals surface area (Å²) in [6.45, 7) is 1.56. The number of hydrogen-bond donors (Lipinski definition) is 2. The maximum Gasteiger partial charge on any atom is 0.325 e. The molecule has 4 rings (SSSR count). The zero-order valence-electron chi connectivity index (χ0n) is 18.0. The first-order valence-electron chi connectivity index (χ1n) is 10.7. The van der Waals surface area contributed by atoms with E-state index in [2.05, 4.69) is 9.88 Å². The predicted molar refractivity (Wildman–Crippen MR) is 126 cm³/mol. The maximum absolute atomic E-state index is 11.2. The Morgan fingerprint density at radius 3 is 2.66 bits per heavy atom. The summed E-state index contributed by atoms with van der Waals surface area (Å²) in [5.74, 6) is 2.45. The Labute approximate surface area is 187 Å². The van der Waals surface area contributed by atoms with Gasteiger partial charge in [-0.3, -0.25) is 9.55 Å². The molecule has 32 heavy (non-hydrogen) atoms. The highest BCUT2D eigenvalue weighted by Gasteiger charge is 2.25. The van der Waals surface area contributed by atoms with Gasteiger partial charge in [0.05, 0.1) is 13.3 Å². The fraction of sp³-hybridized carbons (Fsp3) is 0.348. The second-order valence-electron chi connectivity index (χ2n) is 7.99. The van der Waals surface area contributed by atoms with Gasteiger partial charge < -0.3 is 19.4 Å². The quantitative estimate of drug-likeness (QED) is 0.516. The number of methoxy groups -OCH3 is 1. The van der Waals surface area contributed by atoms with Gasteiger partial charge in [0.1, 0.15) is 17.1 Å². The third-order valence-corrected chi connectivity index (χ3v) is 6.60. The molecule has 0 spiro atoms. The summed E-state index contributed by atoms with van der Waals surface area (Å²) in [6, 6.07) is 9.68. The SMILES string of the molecule is COc1cccc2c(N3CCC(CCP(=O)(O)O)CC3)nc(C=Cc3cccnc3)nc12. The van der Waals surface area contributed by atoms with E-state index in [-0.39, 0.29) is 6.16 Å². The van der Waals surface area contributed by atoms with Gasteiger partial charge in [-0.2, -0.15) is 0 Å². The van der Waals surface area contributed by atoms with Crippen LogP contribution in [0.3, 0.4) is 0 Å². The van der Waals surface area contributed by atoms with Crippen LogP contribution in [0.15, 0.2) is 42.7 Å². The first-order valence-corrected chi connectivity index (χ1v) is 12.4. The molecule has 3 aromatic rings. The van der Waals surface area contributed by atoms with Crippen molar-refractivity contribution in [3.63, 3.8) is 0 Å². The molecule has 1 aliphatic rings. The van der Waals surface area contributed by atoms with Crippen LogP contribution in [-0.4, -0.2) is 51.1 Å². The molecule has 2 aromatic heterocycles. The lowest BCUT2D eigenvalue weighted by molar-refractivity contribution is 0.350. The van der Waals surface area contributed by atoms with Gasteiger partial charge in [-0.1, -0.05) is 12.1 Å². The topological polar surface area (TPSA) is 109 Å². The van der Waals surface area contributed by atoms with Crippen LogP contribution >= 0.6 is 7.60 Å². The van der Waals surface area contributed by atoms with Crippen LogP contribution in [0.1, 0.15) is 30.7 Å². The van der Waals surface area contributed by atoms with E-state index in [0.29, 0.717) is 23.9 Å². The molecule has 0 atom stereocenters. The second kappa shape index (κ2) is 9.77. The van der Waals surface area contributed by atoms with Gasteiger partial charge >= 0.3 is 7.60 Å². The van der Waals surface area contributed by atoms with Crippen molar-refractivity contribution in [2.75, 3.05) is 31.3 Å². The van der Waals surface area contributed by atoms with Crippen LogP contribution in [0, 0.1) is 5.92 Å². The first-order chi connectivity index (χ1) is 15.4. The van der Waals surface area contributed by atoms with Crippen molar-refractivity contribution in [2.45, 2.75) is 19.3 Å². The normalized spacial score (nSPS) is 15.5. The Morgan fingerprint density at radius 1 is 1.16 bits per heavy atom. The number of nitrogens with zero attached hydrogens (tertiary/aromatic N) is 4. The average Bonchev–Trinajstić information content (AvgIpc) is 2.81. The van der Waals surface area contributed by atoms with E-state index < -0.39 is 7.60 Å². The molecule has 1 aromatic carbocycles. The highest BCUT2D eigenvalue weighted by atomic mass is 31.2. The number of pyridine rings is 1. The molecule has 0 bridgehead atoms. The Balaban J connectivity index is 1.62. The molecular weight excluding hydrogens is 427 g/mol. The molecule has 168 valence electrons. The Morgan fingerprint density at radius 2 is 1.97 bits per heavy atom. The van der Waals surface area contributed by atoms with Gasteiger partial charge in [-0.25, -0.2) is 9.97 Å². The fourth-order valence-corrected chi connectivity index (χ4v) is 4.74. The number of fused-ring (bicyclic) bond motifs is 1. The lowest BCUT2D eigenvalue weighted by Gasteiger charge is -2.33. The van der Waals surface area contributed by atoms with Crippen LogP contribution < -0.4 is 9.64 Å². The summed E-state index contributed by atoms with van der Waals surface area (Å²) in [4.78, 5) is 34.3. The summed E-state index contributed by atoms with van der Waals surface area (Å²) >= 11 is 0. The van der Waals surface area contributed by atoms with E-state index in [1.165, 1.54) is 0 Å². The van der Waals surface area contributed by atoms with Gasteiger partial charge in [-0.15, -0.1) is 0 Å². The van der Waals surface area contributed by atoms with E-state index in [1.54, 1.807) is 19.5 Å². The van der Waals surface area contributed by atoms with Gasteiger partial charge in [-0.05, 0) is 61.1 Å². The number of rotatable bonds is 7. The van der Waals surface area contributed by atoms with Gasteiger partial charge in [0.2, 0.25) is 0 Å². The molecule has 0 amide bonds. The van der Waals surface area contributed by atoms with Crippen molar-refractivity contribution in [1.29, 1.82) is 0 Å². The highest BCUT2D eigenvalue weighted by Crippen LogP contribution is 2.38. The smallest absolute Gasteiger partial charge is 0.325 e. The van der Waals surface area contributed by atoms with Crippen LogP contribution in [0.25, 0.3) is 23.1 Å². The third kappa shape index (κ3) is 5.51. The van der Waals surface area contributed by atoms with E-state index in [0.717, 1.165) is 48.2 Å². The summed E-state index contributed by atoms with van der Waals surface area (Å²) in [6.07, 6.45) is 9.56. The number of para-hydroxylation sites is 1. The number of benzene rings is 1. The maximum atomic E-state index is 11.2. The zero-order valence-corrected chi connectivity index (χ0v) is 18.9. The Hall–Kier alpha value is -2.80. The first kappa shape index (κ1) is 22.4. The molecule has 0 radical (unpaired) electrons. The molecule has 1 aliphatic heterocycles. The van der Waals surface area contributed by atoms with E-state index in [1.807, 2.05) is 42.5 Å². The van der Waals surface area contributed by atoms with Gasteiger partial charge in [0.25, 0.3) is 0 Å². The van der Waals surface area contributed by atoms with E-state index in [4.69, 9.17) is 14.7 Å². The summed E-state index contributed by atoms with van der Waals surface area (Å²) in [7, 11) is -2.31. The van der Waals surface area contributed by atoms with Crippen LogP contribution in [0.2, 0.25) is 0 Å². The van der Waals surface area contributed by atoms with Crippen LogP contribution in [0.4, 0.5) is 5.82 Å². The number of piperidine rings is 1. The molecule has 9 heteroatoms. The number of anilines is 1. The van der Waals surface area contributed by atoms with Crippen LogP contribution in [0.5, 0.6) is 5.75 Å². The molecule has 0 unspecified atom stereocenters. The van der Waals surface area contributed by atoms with Gasteiger partial charge in [0, 0.05) is 30.9 Å². The van der Waals surface area contributed by atoms with Gasteiger partial charge in [0.15, 0.2) is 5.82 Å². The average molecular weight is 454 g/mol. The fourth-order valence-electron chi connectivity index (χ4n) is 4.04. The van der Waals surface area contributed by atoms with Crippen LogP contribution in [-0.2, 0) is 4.57 Å². The predicted octanol–water partition coefficient (Wildman–Crippen LogP) is 3.99. The summed E-state index contributed by atoms with van der Waals surface area (Å²) in [5, 5.41) is 0.927. The molecule has 1 saturated heterocycles. The lowest BCUT2D eigenvalue weighted by atomic mass is 9.94. The van der Waals surface area contributed by atoms with Crippen molar-refractivity contribution in [2.24, 2.45) is 5.92 Å². The third-order valence-electron chi connectivity index (χ3n) is 5.76. The number of ether oxygens (including phenoxy) is 1. The van der Waals surface area contributed by atoms with Crippen molar-refractivity contribution in [3.8, 4) is 5.75 Å². The molecule has 2 N–H and O–H groups in total. The van der Waals surface area contributed by atoms with E-state index in [9.17, 15) is 14.4 Å². The monoisotopic (exact) mass is 454 g/mol. The second-order valence-corrected chi connectivity index (χ2v) is 9.77. The molecule has 8 nitrogen and oxygen atoms in total. The van der Waals surface area contributed by atoms with E-state index >= 15 is 0 Å². The largest absolute Gasteiger partial charge is 0.494 e. The number of hydrogen-bond acceptors (Lipinski definition) is 6. The summed E-state index contributed by atoms with van der Waals surface area (Å²) in [5.41, 5.74) is 1.72. The lowest BCUT2D eigenvalue weighted by Crippen LogP contribution is -2.34. The Bertz CT molecular complexity index is 1140. The molecule has 0 saturated carbocycles. The van der Waals surface area contributed by atoms with Crippen molar-refractivity contribution < 1.29 is 19.1 Å². The van der Waals surface area contributed by atoms with Crippen molar-refractivity contribution in [1.82, 2.24) is 15.0 Å². The molecule has 1 fully saturated rings. The highest BCUT2D eigenvalue weighted by molar-refractivity contribution is 7.51. The minimum atomic E-state index is -3.95. The molecule has 3 heterocycles. The zero-order chi connectivity index (χ0) is 22.6. The molecular formula is C23H27N4O4P. The minimum Gasteiger partial charge on any atom is -0.494 e. The Kier molecular flexibility index (Phi) is 6.84. The number of aromatic nitrogens is 3. The van der Waals surface area contributed by atoms with Crippen molar-refractivity contribution in [3.05, 3.63) is 54.1 Å². The standard InChI is InChI=1S/C23H27N4O4P/c1-31-20-6-2-5-19-22(20)25-21(8-7-18-4-3-12-24-16-18)26-23(19)27-13-9-17(10-14-27)11-15-32(28,29)30/h2-8,12,16-17H,9-11,13-15H2,1H3,(H2,28,29,30). The van der Waals surface area contributed by atoms with Crippen molar-refractivity contribution >= 4 is 36.5 Å². The summed E-state index contributed by atoms with van der Waals surface area (Å²) < 4.78 is 16.8.